The molecule has 7 nitrogen and oxygen atoms in total. The number of aromatic nitrogens is 3. The van der Waals surface area contributed by atoms with E-state index in [1.54, 1.807) is 18.5 Å². The number of hydrogen-bond donors (Lipinski definition) is 1. The van der Waals surface area contributed by atoms with Crippen LogP contribution in [0.15, 0.2) is 6.33 Å². The van der Waals surface area contributed by atoms with Crippen LogP contribution in [-0.2, 0) is 16.1 Å². The van der Waals surface area contributed by atoms with Crippen LogP contribution < -0.4 is 5.32 Å². The van der Waals surface area contributed by atoms with Crippen molar-refractivity contribution in [2.24, 2.45) is 0 Å². The molecule has 1 aromatic heterocycles. The Hall–Kier alpha value is -1.76. The lowest BCUT2D eigenvalue weighted by Crippen LogP contribution is -2.63. The minimum atomic E-state index is -0.726. The van der Waals surface area contributed by atoms with E-state index >= 15 is 0 Å². The van der Waals surface area contributed by atoms with Crippen LogP contribution >= 0.6 is 0 Å². The van der Waals surface area contributed by atoms with Gasteiger partial charge in [-0.15, -0.1) is 0 Å². The van der Waals surface area contributed by atoms with Crippen molar-refractivity contribution >= 4 is 11.8 Å². The Morgan fingerprint density at radius 2 is 2.11 bits per heavy atom. The number of carbonyl (C=O) groups excluding carboxylic acids is 2. The molecule has 1 aliphatic rings. The van der Waals surface area contributed by atoms with E-state index in [0.29, 0.717) is 5.82 Å². The van der Waals surface area contributed by atoms with Gasteiger partial charge in [-0.1, -0.05) is 0 Å². The highest BCUT2D eigenvalue weighted by Gasteiger charge is 2.40. The van der Waals surface area contributed by atoms with Crippen molar-refractivity contribution in [2.75, 3.05) is 6.54 Å². The molecule has 7 heteroatoms. The second-order valence-corrected chi connectivity index (χ2v) is 5.48. The fourth-order valence-electron chi connectivity index (χ4n) is 2.04. The van der Waals surface area contributed by atoms with E-state index in [2.05, 4.69) is 15.4 Å². The van der Waals surface area contributed by atoms with Gasteiger partial charge in [-0.05, 0) is 27.7 Å². The molecule has 1 N–H and O–H groups in total. The maximum atomic E-state index is 12.3. The minimum absolute atomic E-state index is 0.138. The summed E-state index contributed by atoms with van der Waals surface area (Å²) in [6.45, 7) is 7.81. The number of carbonyl (C=O) groups is 2. The van der Waals surface area contributed by atoms with Gasteiger partial charge in [0.1, 0.15) is 12.2 Å². The zero-order valence-corrected chi connectivity index (χ0v) is 11.7. The predicted molar refractivity (Wildman–Crippen MR) is 68.0 cm³/mol. The molecule has 0 spiro atoms. The highest BCUT2D eigenvalue weighted by molar-refractivity contribution is 6.02. The van der Waals surface area contributed by atoms with Crippen molar-refractivity contribution in [3.05, 3.63) is 12.2 Å². The number of piperazine rings is 1. The lowest BCUT2D eigenvalue weighted by atomic mass is 10.0. The molecule has 1 aromatic rings. The van der Waals surface area contributed by atoms with E-state index in [1.165, 1.54) is 11.2 Å². The largest absolute Gasteiger partial charge is 0.295 e. The summed E-state index contributed by atoms with van der Waals surface area (Å²) >= 11 is 0. The normalized spacial score (nSPS) is 19.3. The van der Waals surface area contributed by atoms with Crippen LogP contribution in [0.1, 0.15) is 39.6 Å². The third kappa shape index (κ3) is 2.51. The summed E-state index contributed by atoms with van der Waals surface area (Å²) in [6, 6.07) is 0.138. The quantitative estimate of drug-likeness (QED) is 0.784. The molecule has 0 radical (unpaired) electrons. The molecule has 0 atom stereocenters. The zero-order valence-electron chi connectivity index (χ0n) is 11.7. The van der Waals surface area contributed by atoms with Crippen LogP contribution in [0.3, 0.4) is 0 Å². The molecule has 0 saturated carbocycles. The van der Waals surface area contributed by atoms with E-state index < -0.39 is 5.54 Å². The summed E-state index contributed by atoms with van der Waals surface area (Å²) in [4.78, 5) is 29.5. The van der Waals surface area contributed by atoms with Crippen molar-refractivity contribution in [3.63, 3.8) is 0 Å². The molecule has 2 rings (SSSR count). The van der Waals surface area contributed by atoms with Gasteiger partial charge in [0.25, 0.3) is 0 Å². The summed E-state index contributed by atoms with van der Waals surface area (Å²) in [7, 11) is 0. The Bertz CT molecular complexity index is 506. The highest BCUT2D eigenvalue weighted by atomic mass is 16.2. The summed E-state index contributed by atoms with van der Waals surface area (Å²) < 4.78 is 1.72. The fraction of sp³-hybridized carbons (Fsp3) is 0.667. The van der Waals surface area contributed by atoms with E-state index in [9.17, 15) is 9.59 Å². The van der Waals surface area contributed by atoms with Gasteiger partial charge in [0.2, 0.25) is 11.8 Å². The molecular formula is C12H19N5O2. The zero-order chi connectivity index (χ0) is 14.2. The molecule has 1 saturated heterocycles. The first-order valence-corrected chi connectivity index (χ1v) is 6.31. The van der Waals surface area contributed by atoms with Gasteiger partial charge in [0.05, 0.1) is 18.6 Å². The van der Waals surface area contributed by atoms with Gasteiger partial charge in [-0.3, -0.25) is 19.8 Å². The maximum absolute atomic E-state index is 12.3. The standard InChI is InChI=1S/C12H19N5O2/c1-8(2)17-9(13-7-15-17)6-16-10(18)5-14-12(3,4)11(16)19/h7-8,14H,5-6H2,1-4H3. The monoisotopic (exact) mass is 265 g/mol. The summed E-state index contributed by atoms with van der Waals surface area (Å²) in [5, 5.41) is 7.03. The molecular weight excluding hydrogens is 246 g/mol. The van der Waals surface area contributed by atoms with Gasteiger partial charge in [-0.2, -0.15) is 5.10 Å². The van der Waals surface area contributed by atoms with Gasteiger partial charge in [-0.25, -0.2) is 9.67 Å². The van der Waals surface area contributed by atoms with Gasteiger partial charge < -0.3 is 0 Å². The van der Waals surface area contributed by atoms with E-state index in [-0.39, 0.29) is 30.9 Å². The van der Waals surface area contributed by atoms with Gasteiger partial charge >= 0.3 is 0 Å². The Balaban J connectivity index is 2.23. The van der Waals surface area contributed by atoms with Crippen molar-refractivity contribution in [1.29, 1.82) is 0 Å². The van der Waals surface area contributed by atoms with Crippen LogP contribution in [-0.4, -0.2) is 43.6 Å². The summed E-state index contributed by atoms with van der Waals surface area (Å²) in [5.74, 6) is 0.152. The smallest absolute Gasteiger partial charge is 0.249 e. The molecule has 19 heavy (non-hydrogen) atoms. The first-order valence-electron chi connectivity index (χ1n) is 6.31. The SMILES string of the molecule is CC(C)n1ncnc1CN1C(=O)CNC(C)(C)C1=O. The number of amides is 2. The second-order valence-electron chi connectivity index (χ2n) is 5.48. The average Bonchev–Trinajstić information content (AvgIpc) is 2.79. The van der Waals surface area contributed by atoms with Crippen LogP contribution in [0.25, 0.3) is 0 Å². The molecule has 2 heterocycles. The average molecular weight is 265 g/mol. The topological polar surface area (TPSA) is 80.1 Å². The molecule has 1 aliphatic heterocycles. The molecule has 104 valence electrons. The molecule has 0 aliphatic carbocycles. The molecule has 0 aromatic carbocycles. The number of nitrogens with zero attached hydrogens (tertiary/aromatic N) is 4. The summed E-state index contributed by atoms with van der Waals surface area (Å²) in [5.41, 5.74) is -0.726. The molecule has 2 amide bonds. The fourth-order valence-corrected chi connectivity index (χ4v) is 2.04. The highest BCUT2D eigenvalue weighted by Crippen LogP contribution is 2.16. The van der Waals surface area contributed by atoms with Crippen molar-refractivity contribution in [2.45, 2.75) is 45.8 Å². The number of hydrogen-bond acceptors (Lipinski definition) is 5. The predicted octanol–water partition coefficient (Wildman–Crippen LogP) is 0.0960. The lowest BCUT2D eigenvalue weighted by molar-refractivity contribution is -0.153. The van der Waals surface area contributed by atoms with Gasteiger partial charge in [0, 0.05) is 6.04 Å². The third-order valence-corrected chi connectivity index (χ3v) is 3.20. The number of rotatable bonds is 3. The lowest BCUT2D eigenvalue weighted by Gasteiger charge is -2.36. The first kappa shape index (κ1) is 13.7. The van der Waals surface area contributed by atoms with Crippen LogP contribution in [0, 0.1) is 0 Å². The van der Waals surface area contributed by atoms with Gasteiger partial charge in [0.15, 0.2) is 0 Å². The Morgan fingerprint density at radius 3 is 2.74 bits per heavy atom. The van der Waals surface area contributed by atoms with Crippen molar-refractivity contribution < 1.29 is 9.59 Å². The van der Waals surface area contributed by atoms with Crippen LogP contribution in [0.2, 0.25) is 0 Å². The van der Waals surface area contributed by atoms with Crippen LogP contribution in [0.5, 0.6) is 0 Å². The number of imide groups is 1. The number of nitrogens with one attached hydrogen (secondary N) is 1. The molecule has 1 fully saturated rings. The second kappa shape index (κ2) is 4.73. The van der Waals surface area contributed by atoms with Crippen molar-refractivity contribution in [3.8, 4) is 0 Å². The van der Waals surface area contributed by atoms with E-state index in [4.69, 9.17) is 0 Å². The first-order chi connectivity index (χ1) is 8.83. The van der Waals surface area contributed by atoms with Crippen molar-refractivity contribution in [1.82, 2.24) is 25.0 Å². The minimum Gasteiger partial charge on any atom is -0.295 e. The Labute approximate surface area is 112 Å². The Kier molecular flexibility index (Phi) is 3.40. The molecule has 0 unspecified atom stereocenters. The maximum Gasteiger partial charge on any atom is 0.249 e. The molecule has 0 bridgehead atoms. The third-order valence-electron chi connectivity index (χ3n) is 3.20. The summed E-state index contributed by atoms with van der Waals surface area (Å²) in [6.07, 6.45) is 1.44. The van der Waals surface area contributed by atoms with Crippen LogP contribution in [0.4, 0.5) is 0 Å². The van der Waals surface area contributed by atoms with E-state index in [1.807, 2.05) is 13.8 Å². The Morgan fingerprint density at radius 1 is 1.42 bits per heavy atom. The van der Waals surface area contributed by atoms with E-state index in [0.717, 1.165) is 0 Å².